The summed E-state index contributed by atoms with van der Waals surface area (Å²) in [4.78, 5) is 15.7. The largest absolute Gasteiger partial charge is 0.481 e. The topological polar surface area (TPSA) is 50.2 Å². The molecule has 2 rings (SSSR count). The molecule has 0 saturated heterocycles. The van der Waals surface area contributed by atoms with Gasteiger partial charge < -0.3 is 5.11 Å². The van der Waals surface area contributed by atoms with E-state index in [1.54, 1.807) is 12.4 Å². The third kappa shape index (κ3) is 3.08. The van der Waals surface area contributed by atoms with Crippen molar-refractivity contribution in [2.75, 3.05) is 0 Å². The molecule has 0 amide bonds. The van der Waals surface area contributed by atoms with Gasteiger partial charge in [0.05, 0.1) is 10.4 Å². The van der Waals surface area contributed by atoms with Gasteiger partial charge in [-0.2, -0.15) is 0 Å². The molecule has 1 aromatic rings. The molecule has 104 valence electrons. The zero-order valence-corrected chi connectivity index (χ0v) is 12.0. The lowest BCUT2D eigenvalue weighted by Gasteiger charge is -2.37. The molecule has 1 aromatic heterocycles. The first-order valence-electron chi connectivity index (χ1n) is 6.89. The molecule has 0 unspecified atom stereocenters. The van der Waals surface area contributed by atoms with Crippen LogP contribution in [-0.2, 0) is 11.2 Å². The van der Waals surface area contributed by atoms with Crippen molar-refractivity contribution in [3.8, 4) is 0 Å². The van der Waals surface area contributed by atoms with E-state index in [0.29, 0.717) is 17.4 Å². The molecule has 0 atom stereocenters. The van der Waals surface area contributed by atoms with Gasteiger partial charge in [0.15, 0.2) is 0 Å². The number of halogens is 1. The standard InChI is InChI=1S/C15H20ClNO2/c1-2-11-3-6-15(7-4-11,14(18)19)9-12-5-8-17-10-13(12)16/h5,8,10-11H,2-4,6-7,9H2,1H3,(H,18,19). The maximum absolute atomic E-state index is 11.7. The Labute approximate surface area is 119 Å². The molecule has 1 fully saturated rings. The van der Waals surface area contributed by atoms with E-state index in [4.69, 9.17) is 11.6 Å². The van der Waals surface area contributed by atoms with Crippen LogP contribution in [0.3, 0.4) is 0 Å². The fraction of sp³-hybridized carbons (Fsp3) is 0.600. The van der Waals surface area contributed by atoms with E-state index < -0.39 is 11.4 Å². The summed E-state index contributed by atoms with van der Waals surface area (Å²) in [7, 11) is 0. The molecule has 0 radical (unpaired) electrons. The van der Waals surface area contributed by atoms with Crippen molar-refractivity contribution in [1.29, 1.82) is 0 Å². The zero-order valence-electron chi connectivity index (χ0n) is 11.2. The fourth-order valence-electron chi connectivity index (χ4n) is 3.02. The molecule has 1 N–H and O–H groups in total. The second kappa shape index (κ2) is 5.91. The highest BCUT2D eigenvalue weighted by molar-refractivity contribution is 6.31. The molecule has 0 bridgehead atoms. The Morgan fingerprint density at radius 2 is 2.21 bits per heavy atom. The van der Waals surface area contributed by atoms with E-state index in [0.717, 1.165) is 37.7 Å². The molecule has 1 heterocycles. The summed E-state index contributed by atoms with van der Waals surface area (Å²) < 4.78 is 0. The number of rotatable bonds is 4. The van der Waals surface area contributed by atoms with Crippen LogP contribution in [0.4, 0.5) is 0 Å². The molecule has 0 spiro atoms. The van der Waals surface area contributed by atoms with Crippen LogP contribution in [-0.4, -0.2) is 16.1 Å². The average molecular weight is 282 g/mol. The molecular formula is C15H20ClNO2. The number of hydrogen-bond acceptors (Lipinski definition) is 2. The van der Waals surface area contributed by atoms with E-state index >= 15 is 0 Å². The van der Waals surface area contributed by atoms with Gasteiger partial charge in [-0.25, -0.2) is 0 Å². The molecule has 1 aliphatic carbocycles. The molecule has 4 heteroatoms. The van der Waals surface area contributed by atoms with Crippen LogP contribution in [0.25, 0.3) is 0 Å². The number of carboxylic acid groups (broad SMARTS) is 1. The highest BCUT2D eigenvalue weighted by Gasteiger charge is 2.41. The van der Waals surface area contributed by atoms with E-state index in [9.17, 15) is 9.90 Å². The van der Waals surface area contributed by atoms with Crippen LogP contribution in [0.15, 0.2) is 18.5 Å². The van der Waals surface area contributed by atoms with Gasteiger partial charge >= 0.3 is 5.97 Å². The van der Waals surface area contributed by atoms with Crippen LogP contribution >= 0.6 is 11.6 Å². The maximum Gasteiger partial charge on any atom is 0.309 e. The second-order valence-electron chi connectivity index (χ2n) is 5.58. The van der Waals surface area contributed by atoms with Crippen molar-refractivity contribution in [1.82, 2.24) is 4.98 Å². The van der Waals surface area contributed by atoms with E-state index in [2.05, 4.69) is 11.9 Å². The molecule has 3 nitrogen and oxygen atoms in total. The third-order valence-corrected chi connectivity index (χ3v) is 4.82. The van der Waals surface area contributed by atoms with E-state index in [-0.39, 0.29) is 0 Å². The summed E-state index contributed by atoms with van der Waals surface area (Å²) in [6, 6.07) is 1.83. The second-order valence-corrected chi connectivity index (χ2v) is 5.99. The van der Waals surface area contributed by atoms with Gasteiger partial charge in [0, 0.05) is 12.4 Å². The van der Waals surface area contributed by atoms with Crippen molar-refractivity contribution in [3.63, 3.8) is 0 Å². The van der Waals surface area contributed by atoms with Gasteiger partial charge in [-0.1, -0.05) is 24.9 Å². The number of carboxylic acids is 1. The fourth-order valence-corrected chi connectivity index (χ4v) is 3.20. The number of carbonyl (C=O) groups is 1. The quantitative estimate of drug-likeness (QED) is 0.909. The summed E-state index contributed by atoms with van der Waals surface area (Å²) in [6.07, 6.45) is 8.43. The van der Waals surface area contributed by atoms with Crippen molar-refractivity contribution in [3.05, 3.63) is 29.0 Å². The van der Waals surface area contributed by atoms with Gasteiger partial charge in [-0.05, 0) is 49.7 Å². The average Bonchev–Trinajstić information content (AvgIpc) is 2.42. The Morgan fingerprint density at radius 3 is 2.74 bits per heavy atom. The van der Waals surface area contributed by atoms with Crippen LogP contribution in [0.5, 0.6) is 0 Å². The first kappa shape index (κ1) is 14.3. The lowest BCUT2D eigenvalue weighted by Crippen LogP contribution is -2.37. The third-order valence-electron chi connectivity index (χ3n) is 4.48. The smallest absolute Gasteiger partial charge is 0.309 e. The maximum atomic E-state index is 11.7. The SMILES string of the molecule is CCC1CCC(Cc2ccncc2Cl)(C(=O)O)CC1. The molecular weight excluding hydrogens is 262 g/mol. The predicted molar refractivity (Wildman–Crippen MR) is 75.3 cm³/mol. The van der Waals surface area contributed by atoms with Crippen molar-refractivity contribution in [2.24, 2.45) is 11.3 Å². The number of aliphatic carboxylic acids is 1. The Morgan fingerprint density at radius 1 is 1.53 bits per heavy atom. The van der Waals surface area contributed by atoms with Crippen molar-refractivity contribution >= 4 is 17.6 Å². The summed E-state index contributed by atoms with van der Waals surface area (Å²) in [5.41, 5.74) is 0.255. The van der Waals surface area contributed by atoms with Gasteiger partial charge in [0.25, 0.3) is 0 Å². The van der Waals surface area contributed by atoms with Crippen LogP contribution in [0, 0.1) is 11.3 Å². The first-order chi connectivity index (χ1) is 9.07. The van der Waals surface area contributed by atoms with Gasteiger partial charge in [-0.3, -0.25) is 9.78 Å². The Hall–Kier alpha value is -1.09. The van der Waals surface area contributed by atoms with Crippen LogP contribution in [0.2, 0.25) is 5.02 Å². The van der Waals surface area contributed by atoms with Crippen molar-refractivity contribution < 1.29 is 9.90 Å². The van der Waals surface area contributed by atoms with Gasteiger partial charge in [0.2, 0.25) is 0 Å². The van der Waals surface area contributed by atoms with Crippen molar-refractivity contribution in [2.45, 2.75) is 45.4 Å². The highest BCUT2D eigenvalue weighted by Crippen LogP contribution is 2.43. The predicted octanol–water partition coefficient (Wildman–Crippen LogP) is 3.95. The van der Waals surface area contributed by atoms with Gasteiger partial charge in [0.1, 0.15) is 0 Å². The summed E-state index contributed by atoms with van der Waals surface area (Å²) >= 11 is 6.11. The molecule has 19 heavy (non-hydrogen) atoms. The lowest BCUT2D eigenvalue weighted by atomic mass is 9.67. The molecule has 0 aliphatic heterocycles. The van der Waals surface area contributed by atoms with Crippen LogP contribution < -0.4 is 0 Å². The normalized spacial score (nSPS) is 27.2. The minimum atomic E-state index is -0.685. The Kier molecular flexibility index (Phi) is 4.46. The van der Waals surface area contributed by atoms with E-state index in [1.165, 1.54) is 0 Å². The Bertz CT molecular complexity index is 453. The molecule has 1 saturated carbocycles. The van der Waals surface area contributed by atoms with Crippen LogP contribution in [0.1, 0.15) is 44.6 Å². The van der Waals surface area contributed by atoms with Gasteiger partial charge in [-0.15, -0.1) is 0 Å². The number of nitrogens with zero attached hydrogens (tertiary/aromatic N) is 1. The molecule has 1 aliphatic rings. The minimum Gasteiger partial charge on any atom is -0.481 e. The minimum absolute atomic E-state index is 0.514. The zero-order chi connectivity index (χ0) is 13.9. The summed E-state index contributed by atoms with van der Waals surface area (Å²) in [5, 5.41) is 10.2. The number of pyridine rings is 1. The molecule has 0 aromatic carbocycles. The number of aromatic nitrogens is 1. The van der Waals surface area contributed by atoms with E-state index in [1.807, 2.05) is 6.07 Å². The summed E-state index contributed by atoms with van der Waals surface area (Å²) in [6.45, 7) is 2.18. The summed E-state index contributed by atoms with van der Waals surface area (Å²) in [5.74, 6) is -0.00433. The monoisotopic (exact) mass is 281 g/mol. The Balaban J connectivity index is 2.18. The number of hydrogen-bond donors (Lipinski definition) is 1. The lowest BCUT2D eigenvalue weighted by molar-refractivity contribution is -0.151. The first-order valence-corrected chi connectivity index (χ1v) is 7.27. The highest BCUT2D eigenvalue weighted by atomic mass is 35.5.